The van der Waals surface area contributed by atoms with E-state index < -0.39 is 0 Å². The smallest absolute Gasteiger partial charge is 0.148 e. The maximum atomic E-state index is 14.1. The Kier molecular flexibility index (Phi) is 2.82. The van der Waals surface area contributed by atoms with E-state index in [4.69, 9.17) is 0 Å². The molecule has 0 fully saturated rings. The van der Waals surface area contributed by atoms with Gasteiger partial charge in [-0.05, 0) is 42.5 Å². The van der Waals surface area contributed by atoms with Crippen molar-refractivity contribution in [3.8, 4) is 16.3 Å². The highest BCUT2D eigenvalue weighted by Crippen LogP contribution is 2.37. The fourth-order valence-corrected chi connectivity index (χ4v) is 3.64. The van der Waals surface area contributed by atoms with Gasteiger partial charge >= 0.3 is 0 Å². The molecule has 0 atom stereocenters. The summed E-state index contributed by atoms with van der Waals surface area (Å²) in [6.45, 7) is 2.95. The molecule has 2 aromatic heterocycles. The van der Waals surface area contributed by atoms with Gasteiger partial charge in [-0.15, -0.1) is 11.3 Å². The minimum Gasteiger partial charge on any atom is -0.369 e. The minimum absolute atomic E-state index is 0.259. The molecule has 0 aliphatic carbocycles. The lowest BCUT2D eigenvalue weighted by atomic mass is 10.1. The van der Waals surface area contributed by atoms with Crippen molar-refractivity contribution >= 4 is 17.2 Å². The average Bonchev–Trinajstić information content (AvgIpc) is 3.15. The molecule has 4 rings (SSSR count). The molecule has 0 spiro atoms. The normalized spacial score (nSPS) is 13.2. The molecule has 1 aliphatic rings. The summed E-state index contributed by atoms with van der Waals surface area (Å²) in [6.07, 6.45) is 0.927. The van der Waals surface area contributed by atoms with E-state index in [0.29, 0.717) is 5.69 Å². The van der Waals surface area contributed by atoms with Gasteiger partial charge in [-0.25, -0.2) is 9.07 Å². The van der Waals surface area contributed by atoms with Crippen LogP contribution in [0.4, 0.5) is 10.2 Å². The Hall–Kier alpha value is -2.14. The molecule has 0 radical (unpaired) electrons. The standard InChI is InChI=1S/C16H14FN3S/c1-10-8-14(21-9-10)15-11-6-7-18-16(11)20(19-15)13-5-3-2-4-12(13)17/h2-5,8-9,18H,6-7H2,1H3. The Balaban J connectivity index is 1.93. The Morgan fingerprint density at radius 2 is 2.19 bits per heavy atom. The van der Waals surface area contributed by atoms with E-state index >= 15 is 0 Å². The number of nitrogens with one attached hydrogen (secondary N) is 1. The van der Waals surface area contributed by atoms with E-state index in [1.54, 1.807) is 28.2 Å². The predicted molar refractivity (Wildman–Crippen MR) is 83.8 cm³/mol. The Morgan fingerprint density at radius 3 is 2.95 bits per heavy atom. The summed E-state index contributed by atoms with van der Waals surface area (Å²) >= 11 is 1.68. The van der Waals surface area contributed by atoms with Gasteiger partial charge in [-0.1, -0.05) is 12.1 Å². The fraction of sp³-hybridized carbons (Fsp3) is 0.188. The summed E-state index contributed by atoms with van der Waals surface area (Å²) < 4.78 is 15.8. The van der Waals surface area contributed by atoms with Crippen LogP contribution >= 0.6 is 11.3 Å². The van der Waals surface area contributed by atoms with E-state index in [0.717, 1.165) is 29.4 Å². The highest BCUT2D eigenvalue weighted by Gasteiger charge is 2.25. The second-order valence-electron chi connectivity index (χ2n) is 5.20. The van der Waals surface area contributed by atoms with Gasteiger partial charge < -0.3 is 5.32 Å². The zero-order valence-electron chi connectivity index (χ0n) is 11.6. The van der Waals surface area contributed by atoms with Crippen LogP contribution in [0.15, 0.2) is 35.7 Å². The highest BCUT2D eigenvalue weighted by atomic mass is 32.1. The summed E-state index contributed by atoms with van der Waals surface area (Å²) in [5.41, 5.74) is 3.87. The molecule has 3 aromatic rings. The number of aromatic nitrogens is 2. The minimum atomic E-state index is -0.259. The molecular formula is C16H14FN3S. The molecule has 0 unspecified atom stereocenters. The van der Waals surface area contributed by atoms with Crippen molar-refractivity contribution in [1.82, 2.24) is 9.78 Å². The first-order valence-corrected chi connectivity index (χ1v) is 7.78. The largest absolute Gasteiger partial charge is 0.369 e. The first kappa shape index (κ1) is 12.6. The number of hydrogen-bond donors (Lipinski definition) is 1. The van der Waals surface area contributed by atoms with Crippen molar-refractivity contribution in [3.05, 3.63) is 52.7 Å². The Labute approximate surface area is 126 Å². The summed E-state index contributed by atoms with van der Waals surface area (Å²) in [6, 6.07) is 8.88. The molecule has 0 amide bonds. The lowest BCUT2D eigenvalue weighted by molar-refractivity contribution is 0.612. The van der Waals surface area contributed by atoms with Crippen molar-refractivity contribution in [3.63, 3.8) is 0 Å². The third-order valence-corrected chi connectivity index (χ3v) is 4.75. The maximum Gasteiger partial charge on any atom is 0.148 e. The van der Waals surface area contributed by atoms with Crippen LogP contribution in [0.25, 0.3) is 16.3 Å². The summed E-state index contributed by atoms with van der Waals surface area (Å²) in [7, 11) is 0. The number of fused-ring (bicyclic) bond motifs is 1. The Morgan fingerprint density at radius 1 is 1.33 bits per heavy atom. The quantitative estimate of drug-likeness (QED) is 0.774. The number of hydrogen-bond acceptors (Lipinski definition) is 3. The maximum absolute atomic E-state index is 14.1. The van der Waals surface area contributed by atoms with Gasteiger partial charge in [0.1, 0.15) is 23.0 Å². The van der Waals surface area contributed by atoms with Gasteiger partial charge in [0, 0.05) is 12.1 Å². The number of para-hydroxylation sites is 1. The van der Waals surface area contributed by atoms with Crippen molar-refractivity contribution in [2.45, 2.75) is 13.3 Å². The van der Waals surface area contributed by atoms with Gasteiger partial charge in [-0.3, -0.25) is 0 Å². The van der Waals surface area contributed by atoms with Crippen LogP contribution in [0.2, 0.25) is 0 Å². The highest BCUT2D eigenvalue weighted by molar-refractivity contribution is 7.13. The van der Waals surface area contributed by atoms with Crippen LogP contribution in [0, 0.1) is 12.7 Å². The molecule has 0 saturated heterocycles. The third kappa shape index (κ3) is 1.96. The van der Waals surface area contributed by atoms with E-state index in [2.05, 4.69) is 28.8 Å². The molecule has 1 N–H and O–H groups in total. The molecule has 3 heterocycles. The predicted octanol–water partition coefficient (Wildman–Crippen LogP) is 4.02. The monoisotopic (exact) mass is 299 g/mol. The summed E-state index contributed by atoms with van der Waals surface area (Å²) in [5.74, 6) is 0.659. The molecule has 5 heteroatoms. The van der Waals surface area contributed by atoms with Crippen molar-refractivity contribution < 1.29 is 4.39 Å². The van der Waals surface area contributed by atoms with Crippen LogP contribution in [-0.2, 0) is 6.42 Å². The number of thiophene rings is 1. The van der Waals surface area contributed by atoms with E-state index in [1.807, 2.05) is 6.07 Å². The summed E-state index contributed by atoms with van der Waals surface area (Å²) in [5, 5.41) is 10.1. The number of benzene rings is 1. The number of nitrogens with zero attached hydrogens (tertiary/aromatic N) is 2. The van der Waals surface area contributed by atoms with Gasteiger partial charge in [-0.2, -0.15) is 5.10 Å². The molecule has 0 bridgehead atoms. The molecule has 21 heavy (non-hydrogen) atoms. The van der Waals surface area contributed by atoms with Crippen LogP contribution in [0.5, 0.6) is 0 Å². The van der Waals surface area contributed by atoms with Crippen LogP contribution in [0.3, 0.4) is 0 Å². The van der Waals surface area contributed by atoms with Crippen LogP contribution in [0.1, 0.15) is 11.1 Å². The van der Waals surface area contributed by atoms with E-state index in [1.165, 1.54) is 17.2 Å². The second-order valence-corrected chi connectivity index (χ2v) is 6.12. The Bertz CT molecular complexity index is 819. The molecule has 1 aliphatic heterocycles. The number of rotatable bonds is 2. The van der Waals surface area contributed by atoms with Gasteiger partial charge in [0.15, 0.2) is 0 Å². The zero-order chi connectivity index (χ0) is 14.4. The van der Waals surface area contributed by atoms with Crippen LogP contribution < -0.4 is 5.32 Å². The van der Waals surface area contributed by atoms with Gasteiger partial charge in [0.2, 0.25) is 0 Å². The van der Waals surface area contributed by atoms with E-state index in [-0.39, 0.29) is 5.82 Å². The van der Waals surface area contributed by atoms with Crippen molar-refractivity contribution in [2.75, 3.05) is 11.9 Å². The molecular weight excluding hydrogens is 285 g/mol. The van der Waals surface area contributed by atoms with Gasteiger partial charge in [0.25, 0.3) is 0 Å². The lowest BCUT2D eigenvalue weighted by Gasteiger charge is -2.06. The molecule has 106 valence electrons. The first-order valence-electron chi connectivity index (χ1n) is 6.90. The number of halogens is 1. The fourth-order valence-electron chi connectivity index (χ4n) is 2.73. The number of anilines is 1. The topological polar surface area (TPSA) is 29.9 Å². The molecule has 1 aromatic carbocycles. The van der Waals surface area contributed by atoms with Crippen molar-refractivity contribution in [1.29, 1.82) is 0 Å². The lowest BCUT2D eigenvalue weighted by Crippen LogP contribution is -2.05. The first-order chi connectivity index (χ1) is 10.2. The number of aryl methyl sites for hydroxylation is 1. The zero-order valence-corrected chi connectivity index (χ0v) is 12.4. The summed E-state index contributed by atoms with van der Waals surface area (Å²) in [4.78, 5) is 1.14. The second kappa shape index (κ2) is 4.70. The molecule has 3 nitrogen and oxygen atoms in total. The average molecular weight is 299 g/mol. The van der Waals surface area contributed by atoms with Crippen molar-refractivity contribution in [2.24, 2.45) is 0 Å². The van der Waals surface area contributed by atoms with Crippen LogP contribution in [-0.4, -0.2) is 16.3 Å². The SMILES string of the molecule is Cc1csc(-c2nn(-c3ccccc3F)c3c2CCN3)c1. The third-order valence-electron chi connectivity index (χ3n) is 3.70. The van der Waals surface area contributed by atoms with E-state index in [9.17, 15) is 4.39 Å². The molecule has 0 saturated carbocycles. The van der Waals surface area contributed by atoms with Gasteiger partial charge in [0.05, 0.1) is 4.88 Å².